The molecule has 1 unspecified atom stereocenters. The van der Waals surface area contributed by atoms with E-state index in [1.807, 2.05) is 6.92 Å². The topological polar surface area (TPSA) is 97.8 Å². The van der Waals surface area contributed by atoms with Crippen LogP contribution < -0.4 is 17.0 Å². The Kier molecular flexibility index (Phi) is 2.96. The number of nitrogens with one attached hydrogen (secondary N) is 1. The molecule has 16 heavy (non-hydrogen) atoms. The molecule has 1 atom stereocenters. The summed E-state index contributed by atoms with van der Waals surface area (Å²) in [5, 5.41) is 0. The number of rotatable bonds is 4. The zero-order valence-corrected chi connectivity index (χ0v) is 9.49. The average molecular weight is 222 g/mol. The molecule has 0 spiro atoms. The fraction of sp³-hybridized carbons (Fsp3) is 0.636. The van der Waals surface area contributed by atoms with Gasteiger partial charge in [0.25, 0.3) is 5.56 Å². The summed E-state index contributed by atoms with van der Waals surface area (Å²) < 4.78 is 0. The van der Waals surface area contributed by atoms with Crippen molar-refractivity contribution >= 4 is 5.82 Å². The van der Waals surface area contributed by atoms with Crippen LogP contribution in [0, 0.1) is 5.92 Å². The van der Waals surface area contributed by atoms with Gasteiger partial charge >= 0.3 is 0 Å². The lowest BCUT2D eigenvalue weighted by Crippen LogP contribution is -2.25. The summed E-state index contributed by atoms with van der Waals surface area (Å²) >= 11 is 0. The zero-order valence-electron chi connectivity index (χ0n) is 9.49. The number of H-pyrrole nitrogens is 1. The first-order valence-electron chi connectivity index (χ1n) is 5.77. The summed E-state index contributed by atoms with van der Waals surface area (Å²) in [4.78, 5) is 18.7. The van der Waals surface area contributed by atoms with E-state index in [2.05, 4.69) is 9.97 Å². The van der Waals surface area contributed by atoms with E-state index in [1.54, 1.807) is 0 Å². The van der Waals surface area contributed by atoms with Gasteiger partial charge in [-0.15, -0.1) is 0 Å². The van der Waals surface area contributed by atoms with Crippen LogP contribution in [-0.2, 0) is 6.42 Å². The first-order valence-corrected chi connectivity index (χ1v) is 5.77. The number of hydrogen-bond acceptors (Lipinski definition) is 4. The molecule has 1 aromatic heterocycles. The van der Waals surface area contributed by atoms with Crippen molar-refractivity contribution in [1.29, 1.82) is 0 Å². The Bertz CT molecular complexity index is 436. The van der Waals surface area contributed by atoms with Crippen LogP contribution in [0.5, 0.6) is 0 Å². The van der Waals surface area contributed by atoms with Gasteiger partial charge in [-0.25, -0.2) is 4.98 Å². The first kappa shape index (κ1) is 11.1. The van der Waals surface area contributed by atoms with Gasteiger partial charge in [0, 0.05) is 0 Å². The van der Waals surface area contributed by atoms with Crippen molar-refractivity contribution in [3.05, 3.63) is 21.7 Å². The van der Waals surface area contributed by atoms with Gasteiger partial charge < -0.3 is 16.5 Å². The number of nitrogen functional groups attached to an aromatic ring is 1. The van der Waals surface area contributed by atoms with E-state index in [-0.39, 0.29) is 11.6 Å². The second kappa shape index (κ2) is 4.25. The Labute approximate surface area is 94.3 Å². The normalized spacial score (nSPS) is 17.4. The highest BCUT2D eigenvalue weighted by Gasteiger charge is 2.31. The monoisotopic (exact) mass is 222 g/mol. The van der Waals surface area contributed by atoms with E-state index in [0.717, 1.165) is 19.3 Å². The third-order valence-electron chi connectivity index (χ3n) is 3.01. The van der Waals surface area contributed by atoms with Crippen LogP contribution >= 0.6 is 0 Å². The first-order chi connectivity index (χ1) is 7.63. The average Bonchev–Trinajstić information content (AvgIpc) is 3.05. The van der Waals surface area contributed by atoms with E-state index in [1.165, 1.54) is 0 Å². The molecule has 0 amide bonds. The fourth-order valence-corrected chi connectivity index (χ4v) is 1.86. The highest BCUT2D eigenvalue weighted by Crippen LogP contribution is 2.38. The highest BCUT2D eigenvalue weighted by molar-refractivity contribution is 5.38. The quantitative estimate of drug-likeness (QED) is 0.699. The van der Waals surface area contributed by atoms with Gasteiger partial charge in [-0.05, 0) is 25.2 Å². The molecule has 1 fully saturated rings. The molecule has 0 aliphatic heterocycles. The molecule has 0 radical (unpaired) electrons. The van der Waals surface area contributed by atoms with Crippen LogP contribution in [0.25, 0.3) is 0 Å². The van der Waals surface area contributed by atoms with Crippen molar-refractivity contribution in [1.82, 2.24) is 9.97 Å². The van der Waals surface area contributed by atoms with Gasteiger partial charge in [0.15, 0.2) is 0 Å². The molecule has 5 nitrogen and oxygen atoms in total. The van der Waals surface area contributed by atoms with E-state index >= 15 is 0 Å². The van der Waals surface area contributed by atoms with E-state index in [0.29, 0.717) is 29.5 Å². The number of aromatic amines is 1. The maximum atomic E-state index is 11.8. The standard InChI is InChI=1S/C11H18N4O/c1-2-3-7-9(13)14-10(15-11(7)16)8(12)6-4-5-6/h6,8H,2-5,12H2,1H3,(H3,13,14,15,16). The van der Waals surface area contributed by atoms with Gasteiger partial charge in [0.05, 0.1) is 11.6 Å². The Morgan fingerprint density at radius 3 is 2.75 bits per heavy atom. The number of nitrogens with two attached hydrogens (primary N) is 2. The zero-order chi connectivity index (χ0) is 11.7. The number of aromatic nitrogens is 2. The smallest absolute Gasteiger partial charge is 0.256 e. The molecule has 2 rings (SSSR count). The lowest BCUT2D eigenvalue weighted by molar-refractivity contribution is 0.590. The van der Waals surface area contributed by atoms with E-state index in [9.17, 15) is 4.79 Å². The third kappa shape index (κ3) is 2.09. The van der Waals surface area contributed by atoms with Crippen LogP contribution in [0.15, 0.2) is 4.79 Å². The Morgan fingerprint density at radius 2 is 2.25 bits per heavy atom. The van der Waals surface area contributed by atoms with Crippen LogP contribution in [-0.4, -0.2) is 9.97 Å². The Morgan fingerprint density at radius 1 is 1.56 bits per heavy atom. The predicted molar refractivity (Wildman–Crippen MR) is 62.9 cm³/mol. The van der Waals surface area contributed by atoms with Gasteiger partial charge in [-0.2, -0.15) is 0 Å². The number of hydrogen-bond donors (Lipinski definition) is 3. The largest absolute Gasteiger partial charge is 0.383 e. The molecule has 0 saturated heterocycles. The van der Waals surface area contributed by atoms with Gasteiger partial charge in [-0.1, -0.05) is 13.3 Å². The predicted octanol–water partition coefficient (Wildman–Crippen LogP) is 0.714. The molecule has 1 aliphatic rings. The SMILES string of the molecule is CCCc1c(N)nc(C(N)C2CC2)[nH]c1=O. The molecule has 1 aromatic rings. The van der Waals surface area contributed by atoms with Crippen LogP contribution in [0.1, 0.15) is 43.6 Å². The van der Waals surface area contributed by atoms with Crippen molar-refractivity contribution < 1.29 is 0 Å². The Balaban J connectivity index is 2.32. The van der Waals surface area contributed by atoms with Gasteiger partial charge in [0.1, 0.15) is 11.6 Å². The second-order valence-corrected chi connectivity index (χ2v) is 4.43. The molecule has 0 aromatic carbocycles. The van der Waals surface area contributed by atoms with Gasteiger partial charge in [-0.3, -0.25) is 4.79 Å². The molecule has 5 N–H and O–H groups in total. The lowest BCUT2D eigenvalue weighted by Gasteiger charge is -2.11. The fourth-order valence-electron chi connectivity index (χ4n) is 1.86. The van der Waals surface area contributed by atoms with Crippen LogP contribution in [0.4, 0.5) is 5.82 Å². The van der Waals surface area contributed by atoms with Crippen molar-refractivity contribution in [2.45, 2.75) is 38.6 Å². The highest BCUT2D eigenvalue weighted by atomic mass is 16.1. The van der Waals surface area contributed by atoms with E-state index in [4.69, 9.17) is 11.5 Å². The summed E-state index contributed by atoms with van der Waals surface area (Å²) in [6.45, 7) is 2.00. The van der Waals surface area contributed by atoms with Crippen LogP contribution in [0.2, 0.25) is 0 Å². The lowest BCUT2D eigenvalue weighted by atomic mass is 10.1. The van der Waals surface area contributed by atoms with Crippen molar-refractivity contribution in [2.75, 3.05) is 5.73 Å². The molecule has 0 bridgehead atoms. The minimum absolute atomic E-state index is 0.138. The molecule has 1 aliphatic carbocycles. The number of anilines is 1. The van der Waals surface area contributed by atoms with Crippen molar-refractivity contribution in [3.8, 4) is 0 Å². The van der Waals surface area contributed by atoms with Crippen molar-refractivity contribution in [3.63, 3.8) is 0 Å². The molecule has 88 valence electrons. The molecule has 1 heterocycles. The summed E-state index contributed by atoms with van der Waals surface area (Å²) in [5.74, 6) is 1.32. The molecular weight excluding hydrogens is 204 g/mol. The minimum atomic E-state index is -0.175. The maximum Gasteiger partial charge on any atom is 0.256 e. The Hall–Kier alpha value is -1.36. The molecular formula is C11H18N4O. The summed E-state index contributed by atoms with van der Waals surface area (Å²) in [5.41, 5.74) is 12.2. The third-order valence-corrected chi connectivity index (χ3v) is 3.01. The summed E-state index contributed by atoms with van der Waals surface area (Å²) in [7, 11) is 0. The van der Waals surface area contributed by atoms with Gasteiger partial charge in [0.2, 0.25) is 0 Å². The van der Waals surface area contributed by atoms with E-state index < -0.39 is 0 Å². The summed E-state index contributed by atoms with van der Waals surface area (Å²) in [6.07, 6.45) is 3.76. The molecule has 5 heteroatoms. The number of nitrogens with zero attached hydrogens (tertiary/aromatic N) is 1. The van der Waals surface area contributed by atoms with Crippen LogP contribution in [0.3, 0.4) is 0 Å². The minimum Gasteiger partial charge on any atom is -0.383 e. The van der Waals surface area contributed by atoms with Crippen molar-refractivity contribution in [2.24, 2.45) is 11.7 Å². The maximum absolute atomic E-state index is 11.8. The summed E-state index contributed by atoms with van der Waals surface area (Å²) in [6, 6.07) is -0.175. The second-order valence-electron chi connectivity index (χ2n) is 4.43. The molecule has 1 saturated carbocycles.